The van der Waals surface area contributed by atoms with Crippen molar-refractivity contribution in [3.63, 3.8) is 0 Å². The summed E-state index contributed by atoms with van der Waals surface area (Å²) >= 11 is 5.58. The van der Waals surface area contributed by atoms with Crippen LogP contribution in [-0.4, -0.2) is 46.1 Å². The van der Waals surface area contributed by atoms with Gasteiger partial charge >= 0.3 is 0 Å². The van der Waals surface area contributed by atoms with Crippen LogP contribution in [0.15, 0.2) is 17.1 Å². The molecule has 0 aliphatic heterocycles. The van der Waals surface area contributed by atoms with Gasteiger partial charge < -0.3 is 4.90 Å². The molecular weight excluding hydrogens is 330 g/mol. The number of hydrogen-bond donors (Lipinski definition) is 2. The average Bonchev–Trinajstić information content (AvgIpc) is 2.44. The van der Waals surface area contributed by atoms with Gasteiger partial charge in [-0.15, -0.1) is 10.2 Å². The van der Waals surface area contributed by atoms with E-state index in [0.29, 0.717) is 16.8 Å². The van der Waals surface area contributed by atoms with Crippen LogP contribution in [-0.2, 0) is 4.79 Å². The summed E-state index contributed by atoms with van der Waals surface area (Å²) in [6.07, 6.45) is 0. The largest absolute Gasteiger partial charge is 0.348 e. The lowest BCUT2D eigenvalue weighted by Gasteiger charge is -2.21. The molecule has 7 nitrogen and oxygen atoms in total. The maximum absolute atomic E-state index is 11.1. The number of hydroxylamine groups is 1. The van der Waals surface area contributed by atoms with Gasteiger partial charge in [0.1, 0.15) is 5.84 Å². The molecule has 0 fully saturated rings. The number of halogens is 1. The second-order valence-corrected chi connectivity index (χ2v) is 7.87. The van der Waals surface area contributed by atoms with Gasteiger partial charge in [0.15, 0.2) is 11.0 Å². The van der Waals surface area contributed by atoms with Gasteiger partial charge in [-0.2, -0.15) is 0 Å². The molecule has 0 bridgehead atoms. The SMILES string of the molecule is CC(C)(C)C(=Nc1ccc(Cl)nn1)NO.CN(C)C(=O)C(C)(C)C. The standard InChI is InChI=1S/C9H13ClN4O.C7H15NO/c1-9(2,3)8(14-15)11-7-5-4-6(10)12-13-7;1-7(2,3)6(9)8(4)5/h4-5,15H,1-3H3,(H,11,13,14);1-5H3. The Bertz CT molecular complexity index is 557. The fourth-order valence-electron chi connectivity index (χ4n) is 1.51. The third kappa shape index (κ3) is 8.21. The summed E-state index contributed by atoms with van der Waals surface area (Å²) in [6.45, 7) is 11.5. The zero-order valence-corrected chi connectivity index (χ0v) is 16.4. The molecule has 0 spiro atoms. The van der Waals surface area contributed by atoms with Crippen molar-refractivity contribution < 1.29 is 10.0 Å². The third-order valence-corrected chi connectivity index (χ3v) is 2.91. The first-order chi connectivity index (χ1) is 10.8. The van der Waals surface area contributed by atoms with E-state index in [1.54, 1.807) is 31.1 Å². The van der Waals surface area contributed by atoms with Crippen molar-refractivity contribution in [1.82, 2.24) is 20.6 Å². The molecule has 0 atom stereocenters. The number of nitrogens with zero attached hydrogens (tertiary/aromatic N) is 4. The van der Waals surface area contributed by atoms with E-state index in [2.05, 4.69) is 20.7 Å². The highest BCUT2D eigenvalue weighted by Crippen LogP contribution is 2.18. The summed E-state index contributed by atoms with van der Waals surface area (Å²) in [5.74, 6) is 0.979. The highest BCUT2D eigenvalue weighted by atomic mass is 35.5. The number of hydrogen-bond acceptors (Lipinski definition) is 5. The average molecular weight is 358 g/mol. The Hall–Kier alpha value is -1.73. The first kappa shape index (κ1) is 22.3. The van der Waals surface area contributed by atoms with E-state index in [9.17, 15) is 4.79 Å². The number of amidine groups is 1. The van der Waals surface area contributed by atoms with Crippen LogP contribution in [0.2, 0.25) is 5.15 Å². The lowest BCUT2D eigenvalue weighted by molar-refractivity contribution is -0.136. The van der Waals surface area contributed by atoms with Gasteiger partial charge in [-0.05, 0) is 12.1 Å². The van der Waals surface area contributed by atoms with Crippen LogP contribution < -0.4 is 5.48 Å². The molecule has 24 heavy (non-hydrogen) atoms. The molecule has 1 aromatic rings. The fraction of sp³-hybridized carbons (Fsp3) is 0.625. The molecule has 8 heteroatoms. The first-order valence-electron chi connectivity index (χ1n) is 7.49. The van der Waals surface area contributed by atoms with Crippen LogP contribution in [0.25, 0.3) is 0 Å². The normalized spacial score (nSPS) is 12.2. The summed E-state index contributed by atoms with van der Waals surface area (Å²) in [7, 11) is 3.54. The number of nitrogens with one attached hydrogen (secondary N) is 1. The van der Waals surface area contributed by atoms with E-state index >= 15 is 0 Å². The lowest BCUT2D eigenvalue weighted by Crippen LogP contribution is -2.33. The second-order valence-electron chi connectivity index (χ2n) is 7.49. The molecule has 2 N–H and O–H groups in total. The van der Waals surface area contributed by atoms with Crippen LogP contribution in [0.1, 0.15) is 41.5 Å². The van der Waals surface area contributed by atoms with Crippen molar-refractivity contribution in [3.8, 4) is 0 Å². The van der Waals surface area contributed by atoms with E-state index in [-0.39, 0.29) is 16.7 Å². The number of amides is 1. The van der Waals surface area contributed by atoms with Crippen molar-refractivity contribution in [3.05, 3.63) is 17.3 Å². The van der Waals surface area contributed by atoms with Crippen LogP contribution in [0.5, 0.6) is 0 Å². The Morgan fingerprint density at radius 3 is 1.92 bits per heavy atom. The second kappa shape index (κ2) is 8.94. The van der Waals surface area contributed by atoms with Crippen LogP contribution in [0.3, 0.4) is 0 Å². The van der Waals surface area contributed by atoms with Crippen molar-refractivity contribution in [1.29, 1.82) is 0 Å². The summed E-state index contributed by atoms with van der Waals surface area (Å²) < 4.78 is 0. The van der Waals surface area contributed by atoms with Crippen molar-refractivity contribution in [2.75, 3.05) is 14.1 Å². The van der Waals surface area contributed by atoms with Crippen molar-refractivity contribution in [2.24, 2.45) is 15.8 Å². The summed E-state index contributed by atoms with van der Waals surface area (Å²) in [4.78, 5) is 16.8. The molecule has 0 unspecified atom stereocenters. The van der Waals surface area contributed by atoms with Crippen molar-refractivity contribution >= 4 is 29.2 Å². The minimum absolute atomic E-state index is 0.169. The van der Waals surface area contributed by atoms with Gasteiger partial charge in [-0.25, -0.2) is 4.99 Å². The quantitative estimate of drug-likeness (QED) is 0.457. The smallest absolute Gasteiger partial charge is 0.227 e. The van der Waals surface area contributed by atoms with Gasteiger partial charge in [-0.3, -0.25) is 15.5 Å². The molecular formula is C16H28ClN5O2. The summed E-state index contributed by atoms with van der Waals surface area (Å²) in [6, 6.07) is 3.21. The maximum Gasteiger partial charge on any atom is 0.227 e. The molecule has 0 aliphatic carbocycles. The predicted molar refractivity (Wildman–Crippen MR) is 96.7 cm³/mol. The number of rotatable bonds is 1. The van der Waals surface area contributed by atoms with Gasteiger partial charge in [-0.1, -0.05) is 53.1 Å². The van der Waals surface area contributed by atoms with Crippen molar-refractivity contribution in [2.45, 2.75) is 41.5 Å². The third-order valence-electron chi connectivity index (χ3n) is 2.71. The Morgan fingerprint density at radius 1 is 1.12 bits per heavy atom. The fourth-order valence-corrected chi connectivity index (χ4v) is 1.62. The molecule has 136 valence electrons. The van der Waals surface area contributed by atoms with E-state index in [1.165, 1.54) is 0 Å². The Morgan fingerprint density at radius 2 is 1.67 bits per heavy atom. The molecule has 0 aromatic carbocycles. The lowest BCUT2D eigenvalue weighted by atomic mass is 9.95. The van der Waals surface area contributed by atoms with E-state index in [4.69, 9.17) is 16.8 Å². The minimum Gasteiger partial charge on any atom is -0.348 e. The molecule has 1 aromatic heterocycles. The molecule has 1 heterocycles. The first-order valence-corrected chi connectivity index (χ1v) is 7.87. The Kier molecular flexibility index (Phi) is 8.29. The van der Waals surface area contributed by atoms with E-state index in [0.717, 1.165) is 0 Å². The molecule has 1 rings (SSSR count). The van der Waals surface area contributed by atoms with Gasteiger partial charge in [0.25, 0.3) is 0 Å². The molecule has 0 aliphatic rings. The zero-order chi connectivity index (χ0) is 19.1. The highest BCUT2D eigenvalue weighted by Gasteiger charge is 2.22. The molecule has 0 radical (unpaired) electrons. The minimum atomic E-state index is -0.296. The van der Waals surface area contributed by atoms with Gasteiger partial charge in [0.2, 0.25) is 5.91 Å². The highest BCUT2D eigenvalue weighted by molar-refractivity contribution is 6.29. The van der Waals surface area contributed by atoms with Crippen LogP contribution >= 0.6 is 11.6 Å². The predicted octanol–water partition coefficient (Wildman–Crippen LogP) is 3.31. The van der Waals surface area contributed by atoms with E-state index < -0.39 is 0 Å². The number of aliphatic imine (C=N–C) groups is 1. The van der Waals surface area contributed by atoms with Crippen LogP contribution in [0.4, 0.5) is 5.82 Å². The summed E-state index contributed by atoms with van der Waals surface area (Å²) in [5, 5.41) is 16.6. The monoisotopic (exact) mass is 357 g/mol. The molecule has 1 amide bonds. The van der Waals surface area contributed by atoms with E-state index in [1.807, 2.05) is 41.5 Å². The summed E-state index contributed by atoms with van der Waals surface area (Å²) in [5.41, 5.74) is 1.53. The topological polar surface area (TPSA) is 90.7 Å². The van der Waals surface area contributed by atoms with Gasteiger partial charge in [0.05, 0.1) is 0 Å². The van der Waals surface area contributed by atoms with Gasteiger partial charge in [0, 0.05) is 24.9 Å². The molecule has 0 saturated heterocycles. The zero-order valence-electron chi connectivity index (χ0n) is 15.7. The molecule has 0 saturated carbocycles. The Labute approximate surface area is 149 Å². The number of aromatic nitrogens is 2. The maximum atomic E-state index is 11.1. The number of carbonyl (C=O) groups is 1. The Balaban J connectivity index is 0.000000506. The van der Waals surface area contributed by atoms with Crippen LogP contribution in [0, 0.1) is 10.8 Å². The number of carbonyl (C=O) groups excluding carboxylic acids is 1.